The molecule has 1 aromatic heterocycles. The number of nitrogens with one attached hydrogen (secondary N) is 2. The molecule has 1 heterocycles. The quantitative estimate of drug-likeness (QED) is 0.858. The third-order valence-corrected chi connectivity index (χ3v) is 4.95. The lowest BCUT2D eigenvalue weighted by atomic mass is 9.88. The van der Waals surface area contributed by atoms with Gasteiger partial charge in [0.2, 0.25) is 5.91 Å². The number of hydrogen-bond acceptors (Lipinski definition) is 3. The number of benzene rings is 1. The van der Waals surface area contributed by atoms with Crippen LogP contribution < -0.4 is 10.6 Å². The maximum atomic E-state index is 12.3. The molecule has 128 valence electrons. The molecule has 0 spiro atoms. The maximum absolute atomic E-state index is 12.3. The van der Waals surface area contributed by atoms with E-state index in [2.05, 4.69) is 53.8 Å². The molecule has 2 N–H and O–H groups in total. The average molecular weight is 326 g/mol. The lowest BCUT2D eigenvalue weighted by Gasteiger charge is -2.27. The molecule has 24 heavy (non-hydrogen) atoms. The van der Waals surface area contributed by atoms with Crippen LogP contribution >= 0.6 is 0 Å². The molecule has 0 aliphatic heterocycles. The summed E-state index contributed by atoms with van der Waals surface area (Å²) in [6.45, 7) is 4.50. The van der Waals surface area contributed by atoms with Crippen LogP contribution in [0.15, 0.2) is 42.7 Å². The van der Waals surface area contributed by atoms with Crippen molar-refractivity contribution in [2.45, 2.75) is 51.2 Å². The Labute approximate surface area is 143 Å². The highest BCUT2D eigenvalue weighted by atomic mass is 16.2. The highest BCUT2D eigenvalue weighted by molar-refractivity contribution is 5.78. The summed E-state index contributed by atoms with van der Waals surface area (Å²) < 4.78 is 1.91. The fourth-order valence-electron chi connectivity index (χ4n) is 3.32. The fourth-order valence-corrected chi connectivity index (χ4v) is 3.32. The molecule has 0 radical (unpaired) electrons. The van der Waals surface area contributed by atoms with E-state index in [0.717, 1.165) is 19.3 Å². The minimum atomic E-state index is 0.0521. The molecule has 1 amide bonds. The lowest BCUT2D eigenvalue weighted by molar-refractivity contribution is -0.121. The van der Waals surface area contributed by atoms with Crippen LogP contribution in [0.4, 0.5) is 0 Å². The van der Waals surface area contributed by atoms with Crippen molar-refractivity contribution in [3.8, 4) is 0 Å². The summed E-state index contributed by atoms with van der Waals surface area (Å²) in [6, 6.07) is 10.8. The van der Waals surface area contributed by atoms with Crippen LogP contribution in [-0.4, -0.2) is 28.3 Å². The molecule has 3 rings (SSSR count). The number of fused-ring (bicyclic) bond motifs is 1. The van der Waals surface area contributed by atoms with Crippen molar-refractivity contribution in [1.29, 1.82) is 0 Å². The molecular weight excluding hydrogens is 300 g/mol. The van der Waals surface area contributed by atoms with E-state index >= 15 is 0 Å². The van der Waals surface area contributed by atoms with Gasteiger partial charge in [-0.1, -0.05) is 24.3 Å². The molecule has 0 saturated carbocycles. The second-order valence-corrected chi connectivity index (χ2v) is 6.61. The molecule has 5 heteroatoms. The number of amides is 1. The van der Waals surface area contributed by atoms with Gasteiger partial charge in [-0.3, -0.25) is 9.48 Å². The molecule has 2 aromatic rings. The van der Waals surface area contributed by atoms with Gasteiger partial charge in [0.1, 0.15) is 0 Å². The van der Waals surface area contributed by atoms with Crippen LogP contribution in [0.25, 0.3) is 0 Å². The van der Waals surface area contributed by atoms with Gasteiger partial charge in [-0.2, -0.15) is 5.10 Å². The van der Waals surface area contributed by atoms with Crippen molar-refractivity contribution >= 4 is 5.91 Å². The molecule has 1 aliphatic rings. The summed E-state index contributed by atoms with van der Waals surface area (Å²) >= 11 is 0. The Bertz CT molecular complexity index is 668. The summed E-state index contributed by atoms with van der Waals surface area (Å²) in [7, 11) is 0. The van der Waals surface area contributed by atoms with Crippen molar-refractivity contribution in [1.82, 2.24) is 20.4 Å². The van der Waals surface area contributed by atoms with Gasteiger partial charge in [0, 0.05) is 18.4 Å². The number of hydrogen-bond donors (Lipinski definition) is 2. The van der Waals surface area contributed by atoms with Crippen LogP contribution in [-0.2, 0) is 11.2 Å². The first-order valence-electron chi connectivity index (χ1n) is 8.75. The Balaban J connectivity index is 1.51. The van der Waals surface area contributed by atoms with E-state index in [4.69, 9.17) is 0 Å². The van der Waals surface area contributed by atoms with E-state index in [9.17, 15) is 4.79 Å². The zero-order valence-electron chi connectivity index (χ0n) is 14.4. The van der Waals surface area contributed by atoms with Crippen molar-refractivity contribution in [2.24, 2.45) is 0 Å². The lowest BCUT2D eigenvalue weighted by Crippen LogP contribution is -2.42. The molecule has 5 nitrogen and oxygen atoms in total. The second kappa shape index (κ2) is 7.62. The van der Waals surface area contributed by atoms with Gasteiger partial charge in [-0.05, 0) is 50.3 Å². The number of aryl methyl sites for hydroxylation is 1. The van der Waals surface area contributed by atoms with Crippen molar-refractivity contribution in [3.05, 3.63) is 53.9 Å². The van der Waals surface area contributed by atoms with Gasteiger partial charge in [0.05, 0.1) is 18.6 Å². The Hall–Kier alpha value is -2.14. The second-order valence-electron chi connectivity index (χ2n) is 6.61. The first-order chi connectivity index (χ1) is 11.6. The summed E-state index contributed by atoms with van der Waals surface area (Å²) in [5, 5.41) is 10.8. The van der Waals surface area contributed by atoms with E-state index in [1.807, 2.05) is 16.9 Å². The molecule has 1 aromatic carbocycles. The van der Waals surface area contributed by atoms with E-state index in [0.29, 0.717) is 6.54 Å². The first-order valence-corrected chi connectivity index (χ1v) is 8.75. The zero-order chi connectivity index (χ0) is 16.9. The van der Waals surface area contributed by atoms with Crippen LogP contribution in [0.1, 0.15) is 49.9 Å². The van der Waals surface area contributed by atoms with Gasteiger partial charge >= 0.3 is 0 Å². The maximum Gasteiger partial charge on any atom is 0.234 e. The van der Waals surface area contributed by atoms with Crippen LogP contribution in [0.5, 0.6) is 0 Å². The topological polar surface area (TPSA) is 59.0 Å². The minimum Gasteiger partial charge on any atom is -0.348 e. The summed E-state index contributed by atoms with van der Waals surface area (Å²) in [6.07, 6.45) is 6.97. The normalized spacial score (nSPS) is 19.3. The Morgan fingerprint density at radius 2 is 2.17 bits per heavy atom. The Morgan fingerprint density at radius 3 is 2.96 bits per heavy atom. The fraction of sp³-hybridized carbons (Fsp3) is 0.474. The smallest absolute Gasteiger partial charge is 0.234 e. The summed E-state index contributed by atoms with van der Waals surface area (Å²) in [5.74, 6) is 0.0521. The molecular formula is C19H26N4O. The monoisotopic (exact) mass is 326 g/mol. The van der Waals surface area contributed by atoms with Gasteiger partial charge < -0.3 is 10.6 Å². The Kier molecular flexibility index (Phi) is 5.30. The number of rotatable bonds is 6. The largest absolute Gasteiger partial charge is 0.348 e. The SMILES string of the molecule is CC(NCC(=O)NC1CCCc2ccccc21)C(C)n1cccn1. The predicted octanol–water partition coefficient (Wildman–Crippen LogP) is 2.62. The first kappa shape index (κ1) is 16.7. The number of nitrogens with zero attached hydrogens (tertiary/aromatic N) is 2. The molecule has 3 atom stereocenters. The Morgan fingerprint density at radius 1 is 1.33 bits per heavy atom. The average Bonchev–Trinajstić information content (AvgIpc) is 3.14. The number of aromatic nitrogens is 2. The van der Waals surface area contributed by atoms with Crippen LogP contribution in [0.3, 0.4) is 0 Å². The standard InChI is InChI=1S/C19H26N4O/c1-14(15(2)23-12-6-11-21-23)20-13-19(24)22-18-10-5-8-16-7-3-4-9-17(16)18/h3-4,6-7,9,11-12,14-15,18,20H,5,8,10,13H2,1-2H3,(H,22,24). The number of carbonyl (C=O) groups excluding carboxylic acids is 1. The molecule has 0 fully saturated rings. The third-order valence-electron chi connectivity index (χ3n) is 4.95. The van der Waals surface area contributed by atoms with E-state index < -0.39 is 0 Å². The van der Waals surface area contributed by atoms with Crippen molar-refractivity contribution < 1.29 is 4.79 Å². The predicted molar refractivity (Wildman–Crippen MR) is 94.7 cm³/mol. The van der Waals surface area contributed by atoms with E-state index in [1.54, 1.807) is 6.20 Å². The molecule has 0 bridgehead atoms. The van der Waals surface area contributed by atoms with Gasteiger partial charge in [0.15, 0.2) is 0 Å². The minimum absolute atomic E-state index is 0.0521. The van der Waals surface area contributed by atoms with Gasteiger partial charge in [-0.15, -0.1) is 0 Å². The van der Waals surface area contributed by atoms with E-state index in [1.165, 1.54) is 11.1 Å². The third kappa shape index (κ3) is 3.85. The molecule has 0 saturated heterocycles. The van der Waals surface area contributed by atoms with Gasteiger partial charge in [-0.25, -0.2) is 0 Å². The summed E-state index contributed by atoms with van der Waals surface area (Å²) in [4.78, 5) is 12.3. The van der Waals surface area contributed by atoms with Crippen LogP contribution in [0, 0.1) is 0 Å². The zero-order valence-corrected chi connectivity index (χ0v) is 14.4. The number of carbonyl (C=O) groups is 1. The highest BCUT2D eigenvalue weighted by Gasteiger charge is 2.22. The highest BCUT2D eigenvalue weighted by Crippen LogP contribution is 2.29. The summed E-state index contributed by atoms with van der Waals surface area (Å²) in [5.41, 5.74) is 2.64. The molecule has 3 unspecified atom stereocenters. The van der Waals surface area contributed by atoms with Crippen molar-refractivity contribution in [3.63, 3.8) is 0 Å². The van der Waals surface area contributed by atoms with Gasteiger partial charge in [0.25, 0.3) is 0 Å². The molecule has 1 aliphatic carbocycles. The van der Waals surface area contributed by atoms with E-state index in [-0.39, 0.29) is 24.0 Å². The van der Waals surface area contributed by atoms with Crippen LogP contribution in [0.2, 0.25) is 0 Å². The van der Waals surface area contributed by atoms with Crippen molar-refractivity contribution in [2.75, 3.05) is 6.54 Å².